The third-order valence-corrected chi connectivity index (χ3v) is 2.51. The standard InChI is InChI=1S/C11H17ClN2O4/c1-16-6-8(12)3-4-13-11(15)10-5-9(7-17-2)18-14-10/h5,8H,3-4,6-7H2,1-2H3,(H,13,15). The van der Waals surface area contributed by atoms with Gasteiger partial charge in [0.1, 0.15) is 6.61 Å². The van der Waals surface area contributed by atoms with Crippen molar-refractivity contribution in [1.82, 2.24) is 10.5 Å². The van der Waals surface area contributed by atoms with Crippen molar-refractivity contribution >= 4 is 17.5 Å². The predicted molar refractivity (Wildman–Crippen MR) is 65.7 cm³/mol. The van der Waals surface area contributed by atoms with Gasteiger partial charge in [-0.05, 0) is 6.42 Å². The maximum Gasteiger partial charge on any atom is 0.273 e. The molecule has 0 aliphatic carbocycles. The van der Waals surface area contributed by atoms with Gasteiger partial charge in [-0.3, -0.25) is 4.79 Å². The van der Waals surface area contributed by atoms with Crippen molar-refractivity contribution in [2.24, 2.45) is 0 Å². The molecule has 0 aromatic carbocycles. The minimum atomic E-state index is -0.289. The van der Waals surface area contributed by atoms with Crippen molar-refractivity contribution in [3.8, 4) is 0 Å². The van der Waals surface area contributed by atoms with Crippen LogP contribution >= 0.6 is 11.6 Å². The number of hydrogen-bond donors (Lipinski definition) is 1. The van der Waals surface area contributed by atoms with Crippen LogP contribution in [-0.2, 0) is 16.1 Å². The molecule has 1 heterocycles. The van der Waals surface area contributed by atoms with Gasteiger partial charge in [0.25, 0.3) is 5.91 Å². The molecule has 0 aliphatic heterocycles. The number of methoxy groups -OCH3 is 2. The first kappa shape index (κ1) is 14.9. The molecular weight excluding hydrogens is 260 g/mol. The molecular formula is C11H17ClN2O4. The van der Waals surface area contributed by atoms with Crippen LogP contribution in [0, 0.1) is 0 Å². The molecule has 1 N–H and O–H groups in total. The summed E-state index contributed by atoms with van der Waals surface area (Å²) in [5.74, 6) is 0.222. The van der Waals surface area contributed by atoms with E-state index in [0.717, 1.165) is 0 Å². The quantitative estimate of drug-likeness (QED) is 0.722. The maximum atomic E-state index is 11.7. The van der Waals surface area contributed by atoms with E-state index < -0.39 is 0 Å². The van der Waals surface area contributed by atoms with Gasteiger partial charge < -0.3 is 19.3 Å². The molecule has 1 rings (SSSR count). The molecule has 0 fully saturated rings. The lowest BCUT2D eigenvalue weighted by Gasteiger charge is -2.07. The lowest BCUT2D eigenvalue weighted by atomic mass is 10.3. The molecule has 0 saturated heterocycles. The SMILES string of the molecule is COCc1cc(C(=O)NCCC(Cl)COC)no1. The largest absolute Gasteiger partial charge is 0.383 e. The number of carbonyl (C=O) groups excluding carboxylic acids is 1. The Balaban J connectivity index is 2.31. The number of alkyl halides is 1. The zero-order chi connectivity index (χ0) is 13.4. The van der Waals surface area contributed by atoms with Crippen molar-refractivity contribution in [1.29, 1.82) is 0 Å². The van der Waals surface area contributed by atoms with E-state index in [1.54, 1.807) is 20.3 Å². The summed E-state index contributed by atoms with van der Waals surface area (Å²) in [5.41, 5.74) is 0.236. The fourth-order valence-corrected chi connectivity index (χ4v) is 1.56. The summed E-state index contributed by atoms with van der Waals surface area (Å²) in [5, 5.41) is 6.23. The number of hydrogen-bond acceptors (Lipinski definition) is 5. The molecule has 0 spiro atoms. The third kappa shape index (κ3) is 5.03. The van der Waals surface area contributed by atoms with Gasteiger partial charge in [0, 0.05) is 26.8 Å². The van der Waals surface area contributed by atoms with Crippen LogP contribution in [0.1, 0.15) is 22.7 Å². The second-order valence-electron chi connectivity index (χ2n) is 3.71. The van der Waals surface area contributed by atoms with Gasteiger partial charge in [0.15, 0.2) is 11.5 Å². The van der Waals surface area contributed by atoms with Gasteiger partial charge >= 0.3 is 0 Å². The number of ether oxygens (including phenoxy) is 2. The number of nitrogens with zero attached hydrogens (tertiary/aromatic N) is 1. The topological polar surface area (TPSA) is 73.6 Å². The zero-order valence-corrected chi connectivity index (χ0v) is 11.2. The molecule has 0 radical (unpaired) electrons. The van der Waals surface area contributed by atoms with Gasteiger partial charge in [-0.2, -0.15) is 0 Å². The van der Waals surface area contributed by atoms with Crippen LogP contribution < -0.4 is 5.32 Å². The average Bonchev–Trinajstić information content (AvgIpc) is 2.78. The monoisotopic (exact) mass is 276 g/mol. The average molecular weight is 277 g/mol. The summed E-state index contributed by atoms with van der Waals surface area (Å²) in [4.78, 5) is 11.7. The second kappa shape index (κ2) is 8.07. The number of carbonyl (C=O) groups is 1. The normalized spacial score (nSPS) is 12.4. The molecule has 0 saturated carbocycles. The first-order valence-corrected chi connectivity index (χ1v) is 5.96. The van der Waals surface area contributed by atoms with Gasteiger partial charge in [-0.15, -0.1) is 11.6 Å². The molecule has 1 aromatic rings. The molecule has 0 bridgehead atoms. The van der Waals surface area contributed by atoms with Crippen LogP contribution in [-0.4, -0.2) is 43.8 Å². The maximum absolute atomic E-state index is 11.7. The highest BCUT2D eigenvalue weighted by Crippen LogP contribution is 2.05. The molecule has 18 heavy (non-hydrogen) atoms. The number of amides is 1. The Morgan fingerprint density at radius 3 is 3.00 bits per heavy atom. The highest BCUT2D eigenvalue weighted by atomic mass is 35.5. The highest BCUT2D eigenvalue weighted by Gasteiger charge is 2.12. The summed E-state index contributed by atoms with van der Waals surface area (Å²) in [6.07, 6.45) is 0.629. The van der Waals surface area contributed by atoms with Crippen molar-refractivity contribution < 1.29 is 18.8 Å². The smallest absolute Gasteiger partial charge is 0.273 e. The Hall–Kier alpha value is -1.11. The first-order valence-electron chi connectivity index (χ1n) is 5.53. The van der Waals surface area contributed by atoms with Gasteiger partial charge in [0.2, 0.25) is 0 Å². The van der Waals surface area contributed by atoms with Crippen LogP contribution in [0.15, 0.2) is 10.6 Å². The van der Waals surface area contributed by atoms with Gasteiger partial charge in [-0.1, -0.05) is 5.16 Å². The lowest BCUT2D eigenvalue weighted by Crippen LogP contribution is -2.27. The lowest BCUT2D eigenvalue weighted by molar-refractivity contribution is 0.0942. The fourth-order valence-electron chi connectivity index (χ4n) is 1.33. The second-order valence-corrected chi connectivity index (χ2v) is 4.33. The fraction of sp³-hybridized carbons (Fsp3) is 0.636. The molecule has 1 unspecified atom stereocenters. The predicted octanol–water partition coefficient (Wildman–Crippen LogP) is 1.19. The van der Waals surface area contributed by atoms with E-state index in [0.29, 0.717) is 25.3 Å². The van der Waals surface area contributed by atoms with Crippen LogP contribution in [0.3, 0.4) is 0 Å². The number of nitrogens with one attached hydrogen (secondary N) is 1. The minimum absolute atomic E-state index is 0.114. The van der Waals surface area contributed by atoms with Gasteiger partial charge in [-0.25, -0.2) is 0 Å². The Morgan fingerprint density at radius 1 is 1.56 bits per heavy atom. The van der Waals surface area contributed by atoms with Crippen LogP contribution in [0.5, 0.6) is 0 Å². The van der Waals surface area contributed by atoms with Crippen molar-refractivity contribution in [2.75, 3.05) is 27.4 Å². The Morgan fingerprint density at radius 2 is 2.33 bits per heavy atom. The third-order valence-electron chi connectivity index (χ3n) is 2.17. The molecule has 1 atom stereocenters. The summed E-state index contributed by atoms with van der Waals surface area (Å²) in [7, 11) is 3.12. The van der Waals surface area contributed by atoms with Crippen LogP contribution in [0.4, 0.5) is 0 Å². The number of aromatic nitrogens is 1. The summed E-state index contributed by atoms with van der Waals surface area (Å²) in [6, 6.07) is 1.55. The van der Waals surface area contributed by atoms with E-state index in [2.05, 4.69) is 10.5 Å². The molecule has 1 amide bonds. The summed E-state index contributed by atoms with van der Waals surface area (Å²) in [6.45, 7) is 1.21. The van der Waals surface area contributed by atoms with E-state index in [1.165, 1.54) is 0 Å². The first-order chi connectivity index (χ1) is 8.67. The van der Waals surface area contributed by atoms with Crippen LogP contribution in [0.2, 0.25) is 0 Å². The summed E-state index contributed by atoms with van der Waals surface area (Å²) < 4.78 is 14.7. The van der Waals surface area contributed by atoms with E-state index in [-0.39, 0.29) is 23.6 Å². The van der Waals surface area contributed by atoms with Gasteiger partial charge in [0.05, 0.1) is 12.0 Å². The zero-order valence-electron chi connectivity index (χ0n) is 10.4. The number of rotatable bonds is 8. The van der Waals surface area contributed by atoms with E-state index in [9.17, 15) is 4.79 Å². The molecule has 7 heteroatoms. The van der Waals surface area contributed by atoms with Crippen molar-refractivity contribution in [2.45, 2.75) is 18.4 Å². The van der Waals surface area contributed by atoms with Crippen molar-refractivity contribution in [3.05, 3.63) is 17.5 Å². The van der Waals surface area contributed by atoms with E-state index in [1.807, 2.05) is 0 Å². The van der Waals surface area contributed by atoms with E-state index >= 15 is 0 Å². The Bertz CT molecular complexity index is 370. The molecule has 6 nitrogen and oxygen atoms in total. The van der Waals surface area contributed by atoms with Crippen molar-refractivity contribution in [3.63, 3.8) is 0 Å². The summed E-state index contributed by atoms with van der Waals surface area (Å²) >= 11 is 5.93. The number of halogens is 1. The van der Waals surface area contributed by atoms with E-state index in [4.69, 9.17) is 25.6 Å². The Kier molecular flexibility index (Phi) is 6.70. The molecule has 1 aromatic heterocycles. The minimum Gasteiger partial charge on any atom is -0.383 e. The molecule has 0 aliphatic rings. The highest BCUT2D eigenvalue weighted by molar-refractivity contribution is 6.20. The molecule has 102 valence electrons. The van der Waals surface area contributed by atoms with Crippen LogP contribution in [0.25, 0.3) is 0 Å². The Labute approximate surface area is 111 Å².